The third-order valence-electron chi connectivity index (χ3n) is 9.78. The maximum absolute atomic E-state index is 14.3. The van der Waals surface area contributed by atoms with Crippen LogP contribution in [0, 0.1) is 18.8 Å². The van der Waals surface area contributed by atoms with Crippen molar-refractivity contribution in [1.82, 2.24) is 20.1 Å². The zero-order chi connectivity index (χ0) is 33.5. The summed E-state index contributed by atoms with van der Waals surface area (Å²) in [5.74, 6) is 1.64. The Morgan fingerprint density at radius 3 is 2.38 bits per heavy atom. The van der Waals surface area contributed by atoms with Crippen LogP contribution in [0.15, 0.2) is 48.9 Å². The number of benzene rings is 1. The molecule has 0 atom stereocenters. The number of hydrogen-bond acceptors (Lipinski definition) is 7. The molecule has 0 aliphatic heterocycles. The summed E-state index contributed by atoms with van der Waals surface area (Å²) in [5, 5.41) is 7.47. The molecule has 252 valence electrons. The normalized spacial score (nSPS) is 21.2. The zero-order valence-corrected chi connectivity index (χ0v) is 28.4. The van der Waals surface area contributed by atoms with Gasteiger partial charge in [-0.1, -0.05) is 12.1 Å². The van der Waals surface area contributed by atoms with Crippen LogP contribution in [0.3, 0.4) is 0 Å². The summed E-state index contributed by atoms with van der Waals surface area (Å²) in [6, 6.07) is 10.7. The largest absolute Gasteiger partial charge is 0.496 e. The highest BCUT2D eigenvalue weighted by molar-refractivity contribution is 5.95. The maximum Gasteiger partial charge on any atom is 0.303 e. The molecule has 1 aromatic carbocycles. The number of aryl methyl sites for hydroxylation is 1. The molecule has 0 spiro atoms. The lowest BCUT2D eigenvalue weighted by atomic mass is 9.78. The van der Waals surface area contributed by atoms with Gasteiger partial charge in [0.2, 0.25) is 5.91 Å². The van der Waals surface area contributed by atoms with Crippen LogP contribution in [0.2, 0.25) is 0 Å². The lowest BCUT2D eigenvalue weighted by Gasteiger charge is -2.36. The van der Waals surface area contributed by atoms with Gasteiger partial charge in [-0.3, -0.25) is 24.0 Å². The third kappa shape index (κ3) is 8.78. The minimum atomic E-state index is -0.481. The van der Waals surface area contributed by atoms with E-state index >= 15 is 0 Å². The third-order valence-corrected chi connectivity index (χ3v) is 9.78. The average molecular weight is 644 g/mol. The predicted molar refractivity (Wildman–Crippen MR) is 181 cm³/mol. The number of rotatable bonds is 11. The van der Waals surface area contributed by atoms with Gasteiger partial charge in [-0.15, -0.1) is 0 Å². The van der Waals surface area contributed by atoms with E-state index in [-0.39, 0.29) is 36.4 Å². The molecule has 2 heterocycles. The second-order valence-electron chi connectivity index (χ2n) is 13.5. The number of anilines is 1. The molecule has 0 radical (unpaired) electrons. The molecule has 47 heavy (non-hydrogen) atoms. The Balaban J connectivity index is 1.29. The number of methoxy groups -OCH3 is 1. The lowest BCUT2D eigenvalue weighted by molar-refractivity contribution is -0.146. The van der Waals surface area contributed by atoms with Crippen LogP contribution in [0.4, 0.5) is 5.82 Å². The zero-order valence-electron chi connectivity index (χ0n) is 28.4. The molecule has 2 fully saturated rings. The minimum absolute atomic E-state index is 0.0358. The molecule has 2 amide bonds. The molecule has 2 aromatic heterocycles. The van der Waals surface area contributed by atoms with Crippen molar-refractivity contribution < 1.29 is 23.9 Å². The van der Waals surface area contributed by atoms with E-state index in [0.717, 1.165) is 48.1 Å². The first kappa shape index (κ1) is 34.1. The van der Waals surface area contributed by atoms with E-state index in [1.165, 1.54) is 12.5 Å². The molecular weight excluding hydrogens is 594 g/mol. The Morgan fingerprint density at radius 1 is 1.00 bits per heavy atom. The van der Waals surface area contributed by atoms with Crippen molar-refractivity contribution >= 4 is 23.6 Å². The maximum atomic E-state index is 14.3. The van der Waals surface area contributed by atoms with Gasteiger partial charge in [-0.05, 0) is 119 Å². The summed E-state index contributed by atoms with van der Waals surface area (Å²) in [7, 11) is 1.71. The van der Waals surface area contributed by atoms with Gasteiger partial charge >= 0.3 is 5.97 Å². The van der Waals surface area contributed by atoms with Crippen LogP contribution >= 0.6 is 0 Å². The second kappa shape index (κ2) is 15.6. The molecule has 10 heteroatoms. The summed E-state index contributed by atoms with van der Waals surface area (Å²) in [6.07, 6.45) is 12.7. The first-order chi connectivity index (χ1) is 22.6. The average Bonchev–Trinajstić information content (AvgIpc) is 3.58. The van der Waals surface area contributed by atoms with Gasteiger partial charge in [0.25, 0.3) is 5.91 Å². The number of amides is 2. The molecule has 2 aliphatic rings. The second-order valence-corrected chi connectivity index (χ2v) is 13.5. The van der Waals surface area contributed by atoms with E-state index in [9.17, 15) is 14.4 Å². The Bertz CT molecular complexity index is 1540. The summed E-state index contributed by atoms with van der Waals surface area (Å²) in [6.45, 7) is 7.93. The summed E-state index contributed by atoms with van der Waals surface area (Å²) >= 11 is 0. The van der Waals surface area contributed by atoms with Crippen molar-refractivity contribution in [2.45, 2.75) is 97.1 Å². The fourth-order valence-electron chi connectivity index (χ4n) is 7.05. The van der Waals surface area contributed by atoms with Crippen molar-refractivity contribution in [2.75, 3.05) is 25.2 Å². The van der Waals surface area contributed by atoms with Crippen molar-refractivity contribution in [3.63, 3.8) is 0 Å². The molecular formula is C37H49N5O5. The summed E-state index contributed by atoms with van der Waals surface area (Å²) in [4.78, 5) is 44.3. The summed E-state index contributed by atoms with van der Waals surface area (Å²) < 4.78 is 12.2. The number of nitrogens with zero attached hydrogens (tertiary/aromatic N) is 4. The smallest absolute Gasteiger partial charge is 0.303 e. The number of ether oxygens (including phenoxy) is 2. The highest BCUT2D eigenvalue weighted by atomic mass is 16.5. The Morgan fingerprint density at radius 2 is 1.74 bits per heavy atom. The van der Waals surface area contributed by atoms with E-state index in [0.29, 0.717) is 49.9 Å². The highest BCUT2D eigenvalue weighted by Gasteiger charge is 2.34. The van der Waals surface area contributed by atoms with Crippen molar-refractivity contribution in [3.8, 4) is 16.9 Å². The van der Waals surface area contributed by atoms with Crippen LogP contribution in [0.5, 0.6) is 5.75 Å². The Hall–Kier alpha value is -4.21. The lowest BCUT2D eigenvalue weighted by Crippen LogP contribution is -2.45. The molecule has 5 rings (SSSR count). The minimum Gasteiger partial charge on any atom is -0.496 e. The fraction of sp³-hybridized carbons (Fsp3) is 0.541. The Labute approximate surface area is 278 Å². The van der Waals surface area contributed by atoms with Gasteiger partial charge in [0, 0.05) is 49.4 Å². The van der Waals surface area contributed by atoms with Gasteiger partial charge in [-0.25, -0.2) is 4.98 Å². The van der Waals surface area contributed by atoms with Crippen molar-refractivity contribution in [2.24, 2.45) is 11.8 Å². The molecule has 3 aromatic rings. The number of hydrogen-bond donors (Lipinski definition) is 1. The molecule has 0 saturated heterocycles. The van der Waals surface area contributed by atoms with Crippen LogP contribution < -0.4 is 15.0 Å². The first-order valence-corrected chi connectivity index (χ1v) is 17.0. The van der Waals surface area contributed by atoms with E-state index < -0.39 is 5.97 Å². The van der Waals surface area contributed by atoms with Crippen LogP contribution in [-0.4, -0.2) is 58.9 Å². The van der Waals surface area contributed by atoms with Gasteiger partial charge < -0.3 is 14.8 Å². The van der Waals surface area contributed by atoms with Gasteiger partial charge in [0.05, 0.1) is 13.3 Å². The van der Waals surface area contributed by atoms with Crippen LogP contribution in [0.1, 0.15) is 95.2 Å². The van der Waals surface area contributed by atoms with Crippen LogP contribution in [-0.2, 0) is 19.1 Å². The van der Waals surface area contributed by atoms with Gasteiger partial charge in [0.1, 0.15) is 11.6 Å². The molecule has 0 unspecified atom stereocenters. The first-order valence-electron chi connectivity index (χ1n) is 17.0. The van der Waals surface area contributed by atoms with E-state index in [4.69, 9.17) is 14.5 Å². The number of aromatic nitrogens is 3. The number of pyridine rings is 1. The van der Waals surface area contributed by atoms with Gasteiger partial charge in [-0.2, -0.15) is 5.10 Å². The van der Waals surface area contributed by atoms with Gasteiger partial charge in [0.15, 0.2) is 6.61 Å². The van der Waals surface area contributed by atoms with Crippen LogP contribution in [0.25, 0.3) is 11.1 Å². The number of carbonyl (C=O) groups is 3. The van der Waals surface area contributed by atoms with Crippen molar-refractivity contribution in [3.05, 3.63) is 60.0 Å². The van der Waals surface area contributed by atoms with E-state index in [2.05, 4.69) is 49.4 Å². The number of nitrogens with one attached hydrogen (secondary N) is 1. The molecule has 2 aliphatic carbocycles. The summed E-state index contributed by atoms with van der Waals surface area (Å²) in [5.41, 5.74) is 4.50. The van der Waals surface area contributed by atoms with E-state index in [1.807, 2.05) is 34.1 Å². The van der Waals surface area contributed by atoms with E-state index in [1.54, 1.807) is 13.3 Å². The SMILES string of the molecule is COc1ccc(C2CCC(CN(C(=O)C3CCC(NC(=O)COC(C)=O)CC3)c3cc(-c4cnn(C(C)C)c4)ccn3)CC2)cc1C. The molecule has 0 bridgehead atoms. The quantitative estimate of drug-likeness (QED) is 0.241. The highest BCUT2D eigenvalue weighted by Crippen LogP contribution is 2.39. The molecule has 10 nitrogen and oxygen atoms in total. The molecule has 2 saturated carbocycles. The standard InChI is InChI=1S/C37H49N5O5/c1-24(2)42-22-32(20-39-42)31-16-17-38-35(19-31)41(37(45)29-10-13-33(14-11-29)40-36(44)23-47-26(4)43)21-27-6-8-28(9-7-27)30-12-15-34(46-5)25(3)18-30/h12,15-20,22,24,27-29,33H,6-11,13-14,21,23H2,1-5H3,(H,40,44). The predicted octanol–water partition coefficient (Wildman–Crippen LogP) is 6.39. The fourth-order valence-corrected chi connectivity index (χ4v) is 7.05. The van der Waals surface area contributed by atoms with Crippen molar-refractivity contribution in [1.29, 1.82) is 0 Å². The number of esters is 1. The monoisotopic (exact) mass is 643 g/mol. The number of carbonyl (C=O) groups excluding carboxylic acids is 3. The topological polar surface area (TPSA) is 116 Å². The molecule has 1 N–H and O–H groups in total. The Kier molecular flexibility index (Phi) is 11.3.